The number of thiazole rings is 1. The van der Waals surface area contributed by atoms with Gasteiger partial charge in [0, 0.05) is 16.8 Å². The maximum absolute atomic E-state index is 13.5. The highest BCUT2D eigenvalue weighted by Crippen LogP contribution is 2.36. The summed E-state index contributed by atoms with van der Waals surface area (Å²) in [6.07, 6.45) is -3.45. The van der Waals surface area contributed by atoms with Gasteiger partial charge in [0.15, 0.2) is 0 Å². The van der Waals surface area contributed by atoms with E-state index < -0.39 is 18.2 Å². The normalized spacial score (nSPS) is 15.3. The number of carboxylic acid groups (broad SMARTS) is 1. The third kappa shape index (κ3) is 4.25. The monoisotopic (exact) mass is 483 g/mol. The first-order valence-corrected chi connectivity index (χ1v) is 10.9. The van der Waals surface area contributed by atoms with Gasteiger partial charge in [-0.25, -0.2) is 14.8 Å². The van der Waals surface area contributed by atoms with Crippen molar-refractivity contribution in [1.29, 1.82) is 0 Å². The average Bonchev–Trinajstić information content (AvgIpc) is 3.24. The Labute approximate surface area is 195 Å². The topological polar surface area (TPSA) is 99.2 Å². The average molecular weight is 483 g/mol. The van der Waals surface area contributed by atoms with Gasteiger partial charge in [-0.05, 0) is 42.5 Å². The number of fused-ring (bicyclic) bond motifs is 2. The van der Waals surface area contributed by atoms with Gasteiger partial charge in [-0.1, -0.05) is 35.6 Å². The molecule has 1 aliphatic heterocycles. The standard InChI is InChI=1S/C23H16F3N5O2S/c24-23(25,26)20-11-18(30-31-22-29-16-4-1-2-7-19(16)34-22)13-10-12(8-9-15(13)28-20)14-5-3-6-17(27-14)21(32)33/h1-11,20,28,30H,(H,29,31)(H,32,33). The molecular weight excluding hydrogens is 467 g/mol. The van der Waals surface area contributed by atoms with Crippen LogP contribution in [0.25, 0.3) is 27.2 Å². The number of nitrogens with zero attached hydrogens (tertiary/aromatic N) is 2. The van der Waals surface area contributed by atoms with E-state index in [4.69, 9.17) is 0 Å². The first kappa shape index (κ1) is 21.7. The second kappa shape index (κ2) is 8.34. The Balaban J connectivity index is 1.50. The van der Waals surface area contributed by atoms with Crippen LogP contribution in [0.2, 0.25) is 0 Å². The van der Waals surface area contributed by atoms with Crippen molar-refractivity contribution in [3.63, 3.8) is 0 Å². The molecule has 3 heterocycles. The minimum Gasteiger partial charge on any atom is -0.477 e. The van der Waals surface area contributed by atoms with Crippen LogP contribution in [0.4, 0.5) is 24.0 Å². The van der Waals surface area contributed by atoms with Crippen molar-refractivity contribution in [2.75, 3.05) is 10.7 Å². The van der Waals surface area contributed by atoms with Crippen molar-refractivity contribution >= 4 is 44.0 Å². The fourth-order valence-electron chi connectivity index (χ4n) is 3.56. The first-order chi connectivity index (χ1) is 16.3. The summed E-state index contributed by atoms with van der Waals surface area (Å²) in [5.41, 5.74) is 8.30. The molecule has 0 saturated carbocycles. The number of carboxylic acids is 1. The zero-order chi connectivity index (χ0) is 23.9. The SMILES string of the molecule is O=C(O)c1cccc(-c2ccc3c(c2)C(NNc2nc4ccccc4s2)=CC(C(F)(F)F)N3)n1. The van der Waals surface area contributed by atoms with Crippen molar-refractivity contribution in [2.45, 2.75) is 12.2 Å². The Bertz CT molecular complexity index is 1400. The van der Waals surface area contributed by atoms with Crippen LogP contribution in [-0.4, -0.2) is 33.3 Å². The van der Waals surface area contributed by atoms with Gasteiger partial charge in [0.05, 0.1) is 21.6 Å². The van der Waals surface area contributed by atoms with Crippen molar-refractivity contribution in [1.82, 2.24) is 15.4 Å². The highest BCUT2D eigenvalue weighted by atomic mass is 32.1. The van der Waals surface area contributed by atoms with Crippen LogP contribution in [-0.2, 0) is 0 Å². The number of pyridine rings is 1. The summed E-state index contributed by atoms with van der Waals surface area (Å²) in [6, 6.07) is 14.9. The number of rotatable bonds is 5. The zero-order valence-corrected chi connectivity index (χ0v) is 18.0. The number of hydrogen-bond acceptors (Lipinski definition) is 7. The van der Waals surface area contributed by atoms with Crippen LogP contribution in [0, 0.1) is 0 Å². The number of aromatic nitrogens is 2. The molecule has 0 radical (unpaired) electrons. The minimum absolute atomic E-state index is 0.128. The van der Waals surface area contributed by atoms with Gasteiger partial charge in [-0.3, -0.25) is 10.9 Å². The van der Waals surface area contributed by atoms with Crippen LogP contribution in [0.3, 0.4) is 0 Å². The number of aromatic carboxylic acids is 1. The smallest absolute Gasteiger partial charge is 0.412 e. The molecule has 5 rings (SSSR count). The molecule has 0 aliphatic carbocycles. The molecule has 2 aromatic carbocycles. The Morgan fingerprint density at radius 3 is 2.62 bits per heavy atom. The third-order valence-electron chi connectivity index (χ3n) is 5.17. The predicted octanol–water partition coefficient (Wildman–Crippen LogP) is 5.37. The Morgan fingerprint density at radius 1 is 1.03 bits per heavy atom. The van der Waals surface area contributed by atoms with Gasteiger partial charge in [-0.2, -0.15) is 13.2 Å². The van der Waals surface area contributed by atoms with E-state index in [0.717, 1.165) is 16.3 Å². The fourth-order valence-corrected chi connectivity index (χ4v) is 4.38. The highest BCUT2D eigenvalue weighted by molar-refractivity contribution is 7.22. The van der Waals surface area contributed by atoms with E-state index in [1.807, 2.05) is 24.3 Å². The molecule has 0 amide bonds. The zero-order valence-electron chi connectivity index (χ0n) is 17.2. The van der Waals surface area contributed by atoms with Gasteiger partial charge in [-0.15, -0.1) is 0 Å². The molecular formula is C23H16F3N5O2S. The second-order valence-corrected chi connectivity index (χ2v) is 8.48. The lowest BCUT2D eigenvalue weighted by atomic mass is 9.98. The molecule has 0 spiro atoms. The van der Waals surface area contributed by atoms with Crippen LogP contribution < -0.4 is 16.2 Å². The van der Waals surface area contributed by atoms with Crippen LogP contribution in [0.1, 0.15) is 16.1 Å². The molecule has 0 fully saturated rings. The van der Waals surface area contributed by atoms with Crippen molar-refractivity contribution < 1.29 is 23.1 Å². The Kier molecular flexibility index (Phi) is 5.33. The maximum Gasteiger partial charge on any atom is 0.412 e. The number of anilines is 2. The van der Waals surface area contributed by atoms with Crippen molar-refractivity contribution in [2.24, 2.45) is 0 Å². The van der Waals surface area contributed by atoms with E-state index in [1.165, 1.54) is 23.5 Å². The minimum atomic E-state index is -4.50. The summed E-state index contributed by atoms with van der Waals surface area (Å²) in [5.74, 6) is -1.17. The van der Waals surface area contributed by atoms with Crippen molar-refractivity contribution in [3.8, 4) is 11.3 Å². The number of hydrazine groups is 1. The number of carbonyl (C=O) groups is 1. The third-order valence-corrected chi connectivity index (χ3v) is 6.12. The largest absolute Gasteiger partial charge is 0.477 e. The summed E-state index contributed by atoms with van der Waals surface area (Å²) in [7, 11) is 0. The quantitative estimate of drug-likeness (QED) is 0.283. The van der Waals surface area contributed by atoms with Crippen LogP contribution in [0.5, 0.6) is 0 Å². The summed E-state index contributed by atoms with van der Waals surface area (Å²) in [4.78, 5) is 19.8. The molecule has 0 saturated heterocycles. The van der Waals surface area contributed by atoms with Crippen LogP contribution in [0.15, 0.2) is 66.7 Å². The van der Waals surface area contributed by atoms with E-state index >= 15 is 0 Å². The Hall–Kier alpha value is -4.12. The molecule has 1 unspecified atom stereocenters. The lowest BCUT2D eigenvalue weighted by Gasteiger charge is -2.28. The summed E-state index contributed by atoms with van der Waals surface area (Å²) in [5, 5.41) is 12.2. The van der Waals surface area contributed by atoms with E-state index in [2.05, 4.69) is 26.1 Å². The summed E-state index contributed by atoms with van der Waals surface area (Å²) >= 11 is 1.36. The molecule has 172 valence electrons. The van der Waals surface area contributed by atoms with Gasteiger partial charge >= 0.3 is 12.1 Å². The van der Waals surface area contributed by atoms with E-state index in [9.17, 15) is 23.1 Å². The molecule has 1 aliphatic rings. The summed E-state index contributed by atoms with van der Waals surface area (Å²) < 4.78 is 41.6. The molecule has 11 heteroatoms. The number of alkyl halides is 3. The molecule has 0 bridgehead atoms. The molecule has 2 aromatic heterocycles. The van der Waals surface area contributed by atoms with Gasteiger partial charge in [0.25, 0.3) is 0 Å². The van der Waals surface area contributed by atoms with Gasteiger partial charge < -0.3 is 10.4 Å². The van der Waals surface area contributed by atoms with E-state index in [1.54, 1.807) is 24.3 Å². The maximum atomic E-state index is 13.5. The number of benzene rings is 2. The highest BCUT2D eigenvalue weighted by Gasteiger charge is 2.41. The van der Waals surface area contributed by atoms with Crippen molar-refractivity contribution in [3.05, 3.63) is 78.0 Å². The number of para-hydroxylation sites is 1. The second-order valence-electron chi connectivity index (χ2n) is 7.45. The summed E-state index contributed by atoms with van der Waals surface area (Å²) in [6.45, 7) is 0. The predicted molar refractivity (Wildman–Crippen MR) is 124 cm³/mol. The van der Waals surface area contributed by atoms with Gasteiger partial charge in [0.2, 0.25) is 5.13 Å². The number of nitrogens with one attached hydrogen (secondary N) is 3. The number of halogens is 3. The van der Waals surface area contributed by atoms with Gasteiger partial charge in [0.1, 0.15) is 11.7 Å². The van der Waals surface area contributed by atoms with E-state index in [0.29, 0.717) is 22.0 Å². The lowest BCUT2D eigenvalue weighted by molar-refractivity contribution is -0.132. The fraction of sp³-hybridized carbons (Fsp3) is 0.0870. The Morgan fingerprint density at radius 2 is 1.85 bits per heavy atom. The van der Waals surface area contributed by atoms with E-state index in [-0.39, 0.29) is 17.1 Å². The molecule has 4 N–H and O–H groups in total. The molecule has 1 atom stereocenters. The molecule has 34 heavy (non-hydrogen) atoms. The van der Waals surface area contributed by atoms with Crippen LogP contribution >= 0.6 is 11.3 Å². The first-order valence-electron chi connectivity index (χ1n) is 10.1. The molecule has 7 nitrogen and oxygen atoms in total. The number of hydrogen-bond donors (Lipinski definition) is 4. The molecule has 4 aromatic rings. The lowest BCUT2D eigenvalue weighted by Crippen LogP contribution is -2.38.